The second kappa shape index (κ2) is 12.5. The maximum absolute atomic E-state index is 12.7. The number of benzene rings is 1. The quantitative estimate of drug-likeness (QED) is 0.193. The fraction of sp³-hybridized carbons (Fsp3) is 0.286. The summed E-state index contributed by atoms with van der Waals surface area (Å²) < 4.78 is 28.4. The third kappa shape index (κ3) is 7.94. The topological polar surface area (TPSA) is 236 Å². The van der Waals surface area contributed by atoms with Crippen LogP contribution < -0.4 is 0 Å². The number of carboxylic acid groups (broad SMARTS) is 3. The molecule has 0 aromatic heterocycles. The summed E-state index contributed by atoms with van der Waals surface area (Å²) >= 11 is 0. The molecule has 1 aromatic rings. The highest BCUT2D eigenvalue weighted by Crippen LogP contribution is 2.20. The molecule has 1 aliphatic rings. The van der Waals surface area contributed by atoms with Crippen LogP contribution in [0.15, 0.2) is 24.8 Å². The first-order valence-electron chi connectivity index (χ1n) is 9.94. The predicted molar refractivity (Wildman–Crippen MR) is 111 cm³/mol. The molecule has 2 atom stereocenters. The van der Waals surface area contributed by atoms with Crippen LogP contribution in [0.3, 0.4) is 0 Å². The number of carbonyl (C=O) groups excluding carboxylic acids is 4. The lowest BCUT2D eigenvalue weighted by Gasteiger charge is -2.19. The van der Waals surface area contributed by atoms with Crippen LogP contribution in [0.1, 0.15) is 41.4 Å². The number of carbonyl (C=O) groups is 7. The van der Waals surface area contributed by atoms with Gasteiger partial charge in [0, 0.05) is 6.08 Å². The molecule has 16 heteroatoms. The van der Waals surface area contributed by atoms with Crippen LogP contribution in [0.5, 0.6) is 0 Å². The molecule has 1 heterocycles. The van der Waals surface area contributed by atoms with Crippen LogP contribution in [0.4, 0.5) is 9.59 Å². The molecule has 0 saturated carbocycles. The normalized spacial score (nSPS) is 14.8. The summed E-state index contributed by atoms with van der Waals surface area (Å²) in [5.41, 5.74) is -3.55. The number of hydrogen-bond acceptors (Lipinski definition) is 13. The molecule has 16 nitrogen and oxygen atoms in total. The zero-order valence-electron chi connectivity index (χ0n) is 18.6. The van der Waals surface area contributed by atoms with Crippen LogP contribution in [-0.4, -0.2) is 96.1 Å². The molecule has 3 N–H and O–H groups in total. The molecule has 198 valence electrons. The highest BCUT2D eigenvalue weighted by Gasteiger charge is 2.29. The summed E-state index contributed by atoms with van der Waals surface area (Å²) in [4.78, 5) is 81.1. The Bertz CT molecular complexity index is 1140. The van der Waals surface area contributed by atoms with Gasteiger partial charge in [0.25, 0.3) is 0 Å². The number of esters is 2. The second-order valence-corrected chi connectivity index (χ2v) is 6.89. The molecule has 1 fully saturated rings. The second-order valence-electron chi connectivity index (χ2n) is 6.89. The van der Waals surface area contributed by atoms with E-state index in [1.807, 2.05) is 0 Å². The monoisotopic (exact) mass is 526 g/mol. The van der Waals surface area contributed by atoms with E-state index < -0.39 is 96.4 Å². The van der Waals surface area contributed by atoms with Gasteiger partial charge in [0.2, 0.25) is 0 Å². The van der Waals surface area contributed by atoms with Gasteiger partial charge in [0.1, 0.15) is 26.4 Å². The molecule has 0 aliphatic carbocycles. The van der Waals surface area contributed by atoms with Crippen molar-refractivity contribution in [2.75, 3.05) is 26.4 Å². The van der Waals surface area contributed by atoms with Crippen molar-refractivity contribution < 1.29 is 77.3 Å². The Hall–Kier alpha value is -5.15. The first-order chi connectivity index (χ1) is 17.4. The van der Waals surface area contributed by atoms with Gasteiger partial charge < -0.3 is 43.7 Å². The van der Waals surface area contributed by atoms with Crippen molar-refractivity contribution in [1.82, 2.24) is 0 Å². The van der Waals surface area contributed by atoms with E-state index in [1.165, 1.54) is 0 Å². The van der Waals surface area contributed by atoms with Gasteiger partial charge >= 0.3 is 42.2 Å². The molecule has 1 aliphatic heterocycles. The number of rotatable bonds is 12. The van der Waals surface area contributed by atoms with E-state index in [9.17, 15) is 43.8 Å². The smallest absolute Gasteiger partial charge is 0.478 e. The fourth-order valence-electron chi connectivity index (χ4n) is 2.68. The van der Waals surface area contributed by atoms with Gasteiger partial charge in [-0.05, 0) is 12.1 Å². The SMILES string of the molecule is C=CC(=O)OCC(COC(=O)OCC1COC(=O)O1)OC(=O)c1cc(C(=O)O)c(C(=O)O)cc1C(=O)O. The van der Waals surface area contributed by atoms with Crippen molar-refractivity contribution >= 4 is 42.2 Å². The summed E-state index contributed by atoms with van der Waals surface area (Å²) in [6, 6.07) is 0.954. The average molecular weight is 526 g/mol. The summed E-state index contributed by atoms with van der Waals surface area (Å²) in [5, 5.41) is 27.8. The van der Waals surface area contributed by atoms with E-state index in [0.29, 0.717) is 12.1 Å². The molecular formula is C21H18O16. The van der Waals surface area contributed by atoms with Gasteiger partial charge in [-0.2, -0.15) is 0 Å². The Morgan fingerprint density at radius 1 is 0.919 bits per heavy atom. The molecule has 0 spiro atoms. The number of aromatic carboxylic acids is 3. The lowest BCUT2D eigenvalue weighted by Crippen LogP contribution is -2.32. The van der Waals surface area contributed by atoms with Crippen LogP contribution in [0, 0.1) is 0 Å². The van der Waals surface area contributed by atoms with Crippen LogP contribution in [0.25, 0.3) is 0 Å². The Balaban J connectivity index is 2.18. The lowest BCUT2D eigenvalue weighted by atomic mass is 9.98. The number of cyclic esters (lactones) is 2. The molecule has 0 bridgehead atoms. The van der Waals surface area contributed by atoms with Gasteiger partial charge in [-0.3, -0.25) is 0 Å². The van der Waals surface area contributed by atoms with Gasteiger partial charge in [-0.25, -0.2) is 33.6 Å². The summed E-state index contributed by atoms with van der Waals surface area (Å²) in [6.07, 6.45) is -3.95. The summed E-state index contributed by atoms with van der Waals surface area (Å²) in [6.45, 7) is 1.04. The Labute approximate surface area is 205 Å². The van der Waals surface area contributed by atoms with E-state index in [0.717, 1.165) is 6.08 Å². The predicted octanol–water partition coefficient (Wildman–Crippen LogP) is 0.724. The highest BCUT2D eigenvalue weighted by atomic mass is 16.8. The van der Waals surface area contributed by atoms with Crippen molar-refractivity contribution in [2.45, 2.75) is 12.2 Å². The third-order valence-electron chi connectivity index (χ3n) is 4.34. The van der Waals surface area contributed by atoms with E-state index >= 15 is 0 Å². The van der Waals surface area contributed by atoms with Crippen molar-refractivity contribution in [3.63, 3.8) is 0 Å². The van der Waals surface area contributed by atoms with E-state index in [-0.39, 0.29) is 6.61 Å². The molecule has 0 radical (unpaired) electrons. The van der Waals surface area contributed by atoms with Gasteiger partial charge in [0.05, 0.1) is 22.3 Å². The maximum Gasteiger partial charge on any atom is 0.508 e. The largest absolute Gasteiger partial charge is 0.508 e. The first-order valence-corrected chi connectivity index (χ1v) is 9.94. The van der Waals surface area contributed by atoms with E-state index in [1.54, 1.807) is 0 Å². The van der Waals surface area contributed by atoms with Crippen molar-refractivity contribution in [3.8, 4) is 0 Å². The molecular weight excluding hydrogens is 508 g/mol. The number of hydrogen-bond donors (Lipinski definition) is 3. The number of ether oxygens (including phenoxy) is 6. The van der Waals surface area contributed by atoms with Gasteiger partial charge in [-0.1, -0.05) is 6.58 Å². The van der Waals surface area contributed by atoms with Crippen LogP contribution in [-0.2, 0) is 33.2 Å². The molecule has 1 saturated heterocycles. The minimum atomic E-state index is -1.78. The van der Waals surface area contributed by atoms with E-state index in [2.05, 4.69) is 16.1 Å². The average Bonchev–Trinajstić information content (AvgIpc) is 3.27. The zero-order chi connectivity index (χ0) is 27.7. The zero-order valence-corrected chi connectivity index (χ0v) is 18.6. The van der Waals surface area contributed by atoms with Crippen molar-refractivity contribution in [2.24, 2.45) is 0 Å². The first kappa shape index (κ1) is 28.1. The van der Waals surface area contributed by atoms with Gasteiger partial charge in [0.15, 0.2) is 12.2 Å². The van der Waals surface area contributed by atoms with E-state index in [4.69, 9.17) is 24.1 Å². The number of carboxylic acids is 3. The molecule has 1 aromatic carbocycles. The molecule has 2 unspecified atom stereocenters. The van der Waals surface area contributed by atoms with Crippen LogP contribution >= 0.6 is 0 Å². The maximum atomic E-state index is 12.7. The highest BCUT2D eigenvalue weighted by molar-refractivity contribution is 6.09. The minimum Gasteiger partial charge on any atom is -0.478 e. The fourth-order valence-corrected chi connectivity index (χ4v) is 2.68. The molecule has 0 amide bonds. The third-order valence-corrected chi connectivity index (χ3v) is 4.34. The van der Waals surface area contributed by atoms with Gasteiger partial charge in [-0.15, -0.1) is 0 Å². The standard InChI is InChI=1S/C21H18O16/c1-2-15(22)32-5-9(6-33-20(30)34-7-10-8-35-21(31)37-10)36-19(29)14-4-12(17(25)26)11(16(23)24)3-13(14)18(27)28/h2-4,9-10H,1,5-8H2,(H,23,24)(H,25,26)(H,27,28). The summed E-state index contributed by atoms with van der Waals surface area (Å²) in [7, 11) is 0. The van der Waals surface area contributed by atoms with Crippen LogP contribution in [0.2, 0.25) is 0 Å². The molecule has 2 rings (SSSR count). The van der Waals surface area contributed by atoms with Crippen molar-refractivity contribution in [3.05, 3.63) is 47.0 Å². The minimum absolute atomic E-state index is 0.172. The Kier molecular flexibility index (Phi) is 9.51. The lowest BCUT2D eigenvalue weighted by molar-refractivity contribution is -0.141. The summed E-state index contributed by atoms with van der Waals surface area (Å²) in [5.74, 6) is -7.75. The van der Waals surface area contributed by atoms with Crippen molar-refractivity contribution in [1.29, 1.82) is 0 Å². The Morgan fingerprint density at radius 3 is 1.97 bits per heavy atom. The molecule has 37 heavy (non-hydrogen) atoms. The Morgan fingerprint density at radius 2 is 1.46 bits per heavy atom.